The van der Waals surface area contributed by atoms with Crippen LogP contribution in [0, 0.1) is 0 Å². The molecule has 0 aliphatic carbocycles. The fourth-order valence-electron chi connectivity index (χ4n) is 2.43. The number of nitrogens with zero attached hydrogens (tertiary/aromatic N) is 2. The number of aliphatic carboxylic acids is 1. The Morgan fingerprint density at radius 2 is 2.28 bits per heavy atom. The average molecular weight is 258 g/mol. The molecule has 0 radical (unpaired) electrons. The first-order valence-electron chi connectivity index (χ1n) is 6.77. The minimum atomic E-state index is -0.849. The molecule has 0 aromatic heterocycles. The molecular formula is C13H26N2O3. The van der Waals surface area contributed by atoms with Crippen LogP contribution in [-0.2, 0) is 9.53 Å². The third kappa shape index (κ3) is 4.92. The molecule has 0 spiro atoms. The first-order chi connectivity index (χ1) is 8.54. The summed E-state index contributed by atoms with van der Waals surface area (Å²) in [4.78, 5) is 15.6. The van der Waals surface area contributed by atoms with E-state index >= 15 is 0 Å². The number of hydrogen-bond acceptors (Lipinski definition) is 4. The van der Waals surface area contributed by atoms with Gasteiger partial charge in [-0.3, -0.25) is 0 Å². The Bertz CT molecular complexity index is 259. The quantitative estimate of drug-likeness (QED) is 0.735. The zero-order chi connectivity index (χ0) is 13.5. The molecule has 5 heteroatoms. The molecule has 0 aromatic carbocycles. The molecule has 1 heterocycles. The lowest BCUT2D eigenvalue weighted by molar-refractivity contribution is -0.150. The molecule has 2 atom stereocenters. The van der Waals surface area contributed by atoms with Crippen LogP contribution in [-0.4, -0.2) is 73.4 Å². The molecular weight excluding hydrogens is 232 g/mol. The Morgan fingerprint density at radius 1 is 1.56 bits per heavy atom. The number of likely N-dealkylation sites (N-methyl/N-ethyl adjacent to an activating group) is 1. The third-order valence-corrected chi connectivity index (χ3v) is 3.56. The van der Waals surface area contributed by atoms with Gasteiger partial charge in [0.25, 0.3) is 0 Å². The maximum absolute atomic E-state index is 11.0. The van der Waals surface area contributed by atoms with E-state index in [1.807, 2.05) is 6.92 Å². The number of hydrogen-bond donors (Lipinski definition) is 1. The van der Waals surface area contributed by atoms with Crippen molar-refractivity contribution in [1.82, 2.24) is 9.80 Å². The van der Waals surface area contributed by atoms with Crippen LogP contribution in [0.25, 0.3) is 0 Å². The SMILES string of the molecule is CCOC(CCN1CCCC(N(C)C)C1)C(=O)O. The fourth-order valence-corrected chi connectivity index (χ4v) is 2.43. The van der Waals surface area contributed by atoms with Gasteiger partial charge in [0.1, 0.15) is 0 Å². The summed E-state index contributed by atoms with van der Waals surface area (Å²) < 4.78 is 5.23. The summed E-state index contributed by atoms with van der Waals surface area (Å²) in [6.07, 6.45) is 2.34. The van der Waals surface area contributed by atoms with Crippen molar-refractivity contribution in [3.63, 3.8) is 0 Å². The molecule has 1 aliphatic heterocycles. The molecule has 0 saturated carbocycles. The van der Waals surface area contributed by atoms with E-state index < -0.39 is 12.1 Å². The highest BCUT2D eigenvalue weighted by Crippen LogP contribution is 2.14. The normalized spacial score (nSPS) is 23.2. The van der Waals surface area contributed by atoms with Gasteiger partial charge in [0, 0.05) is 25.7 Å². The first kappa shape index (κ1) is 15.4. The Hall–Kier alpha value is -0.650. The number of ether oxygens (including phenoxy) is 1. The number of carboxylic acids is 1. The van der Waals surface area contributed by atoms with Crippen LogP contribution in [0.15, 0.2) is 0 Å². The zero-order valence-corrected chi connectivity index (χ0v) is 11.8. The van der Waals surface area contributed by atoms with Gasteiger partial charge in [-0.05, 0) is 46.8 Å². The van der Waals surface area contributed by atoms with Crippen molar-refractivity contribution >= 4 is 5.97 Å². The Labute approximate surface area is 110 Å². The largest absolute Gasteiger partial charge is 0.479 e. The summed E-state index contributed by atoms with van der Waals surface area (Å²) >= 11 is 0. The second-order valence-electron chi connectivity index (χ2n) is 5.13. The summed E-state index contributed by atoms with van der Waals surface area (Å²) in [5.74, 6) is -0.849. The maximum atomic E-state index is 11.0. The summed E-state index contributed by atoms with van der Waals surface area (Å²) in [6.45, 7) is 5.20. The van der Waals surface area contributed by atoms with E-state index in [9.17, 15) is 4.79 Å². The summed E-state index contributed by atoms with van der Waals surface area (Å²) in [7, 11) is 4.21. The van der Waals surface area contributed by atoms with Crippen LogP contribution < -0.4 is 0 Å². The zero-order valence-electron chi connectivity index (χ0n) is 11.8. The van der Waals surface area contributed by atoms with Gasteiger partial charge in [0.05, 0.1) is 0 Å². The van der Waals surface area contributed by atoms with E-state index in [4.69, 9.17) is 9.84 Å². The summed E-state index contributed by atoms with van der Waals surface area (Å²) in [5, 5.41) is 9.02. The average Bonchev–Trinajstić information content (AvgIpc) is 2.34. The van der Waals surface area contributed by atoms with Gasteiger partial charge in [-0.1, -0.05) is 0 Å². The molecule has 2 unspecified atom stereocenters. The van der Waals surface area contributed by atoms with E-state index in [0.29, 0.717) is 19.1 Å². The molecule has 18 heavy (non-hydrogen) atoms. The predicted molar refractivity (Wildman–Crippen MR) is 70.8 cm³/mol. The highest BCUT2D eigenvalue weighted by atomic mass is 16.5. The molecule has 0 aromatic rings. The molecule has 0 bridgehead atoms. The standard InChI is InChI=1S/C13H26N2O3/c1-4-18-12(13(16)17)7-9-15-8-5-6-11(10-15)14(2)3/h11-12H,4-10H2,1-3H3,(H,16,17). The lowest BCUT2D eigenvalue weighted by atomic mass is 10.0. The van der Waals surface area contributed by atoms with E-state index in [-0.39, 0.29) is 0 Å². The first-order valence-corrected chi connectivity index (χ1v) is 6.77. The van der Waals surface area contributed by atoms with Crippen molar-refractivity contribution in [3.05, 3.63) is 0 Å². The van der Waals surface area contributed by atoms with Crippen molar-refractivity contribution in [2.24, 2.45) is 0 Å². The summed E-state index contributed by atoms with van der Waals surface area (Å²) in [5.41, 5.74) is 0. The van der Waals surface area contributed by atoms with Crippen LogP contribution in [0.1, 0.15) is 26.2 Å². The van der Waals surface area contributed by atoms with Gasteiger partial charge >= 0.3 is 5.97 Å². The monoisotopic (exact) mass is 258 g/mol. The van der Waals surface area contributed by atoms with E-state index in [2.05, 4.69) is 23.9 Å². The molecule has 1 saturated heterocycles. The molecule has 1 rings (SSSR count). The molecule has 1 N–H and O–H groups in total. The maximum Gasteiger partial charge on any atom is 0.332 e. The van der Waals surface area contributed by atoms with Crippen LogP contribution in [0.4, 0.5) is 0 Å². The van der Waals surface area contributed by atoms with Crippen molar-refractivity contribution in [2.45, 2.75) is 38.3 Å². The molecule has 1 fully saturated rings. The molecule has 0 amide bonds. The minimum absolute atomic E-state index is 0.456. The lowest BCUT2D eigenvalue weighted by Gasteiger charge is -2.36. The van der Waals surface area contributed by atoms with Gasteiger partial charge in [-0.25, -0.2) is 4.79 Å². The van der Waals surface area contributed by atoms with Crippen molar-refractivity contribution in [1.29, 1.82) is 0 Å². The van der Waals surface area contributed by atoms with Gasteiger partial charge in [0.15, 0.2) is 6.10 Å². The van der Waals surface area contributed by atoms with Crippen molar-refractivity contribution in [2.75, 3.05) is 40.3 Å². The van der Waals surface area contributed by atoms with Crippen LogP contribution in [0.5, 0.6) is 0 Å². The van der Waals surface area contributed by atoms with Crippen LogP contribution in [0.2, 0.25) is 0 Å². The predicted octanol–water partition coefficient (Wildman–Crippen LogP) is 0.892. The van der Waals surface area contributed by atoms with Gasteiger partial charge in [-0.15, -0.1) is 0 Å². The van der Waals surface area contributed by atoms with Crippen molar-refractivity contribution < 1.29 is 14.6 Å². The fraction of sp³-hybridized carbons (Fsp3) is 0.923. The van der Waals surface area contributed by atoms with Crippen LogP contribution in [0.3, 0.4) is 0 Å². The summed E-state index contributed by atoms with van der Waals surface area (Å²) in [6, 6.07) is 0.592. The molecule has 1 aliphatic rings. The van der Waals surface area contributed by atoms with Gasteiger partial charge < -0.3 is 19.6 Å². The minimum Gasteiger partial charge on any atom is -0.479 e. The van der Waals surface area contributed by atoms with Gasteiger partial charge in [0.2, 0.25) is 0 Å². The Kier molecular flexibility index (Phi) is 6.60. The van der Waals surface area contributed by atoms with E-state index in [1.165, 1.54) is 12.8 Å². The van der Waals surface area contributed by atoms with Crippen LogP contribution >= 0.6 is 0 Å². The number of rotatable bonds is 7. The van der Waals surface area contributed by atoms with Crippen molar-refractivity contribution in [3.8, 4) is 0 Å². The Balaban J connectivity index is 2.35. The second-order valence-corrected chi connectivity index (χ2v) is 5.13. The highest BCUT2D eigenvalue weighted by molar-refractivity contribution is 5.72. The molecule has 106 valence electrons. The van der Waals surface area contributed by atoms with Gasteiger partial charge in [-0.2, -0.15) is 0 Å². The molecule has 5 nitrogen and oxygen atoms in total. The number of carbonyl (C=O) groups is 1. The number of likely N-dealkylation sites (tertiary alicyclic amines) is 1. The number of piperidine rings is 1. The number of carboxylic acid groups (broad SMARTS) is 1. The highest BCUT2D eigenvalue weighted by Gasteiger charge is 2.23. The van der Waals surface area contributed by atoms with E-state index in [0.717, 1.165) is 19.6 Å². The topological polar surface area (TPSA) is 53.0 Å². The Morgan fingerprint density at radius 3 is 2.83 bits per heavy atom. The second kappa shape index (κ2) is 7.71. The third-order valence-electron chi connectivity index (χ3n) is 3.56. The smallest absolute Gasteiger partial charge is 0.332 e. The van der Waals surface area contributed by atoms with E-state index in [1.54, 1.807) is 0 Å². The lowest BCUT2D eigenvalue weighted by Crippen LogP contribution is -2.46.